The number of hydrogen-bond acceptors (Lipinski definition) is 5. The number of halogens is 1. The number of esters is 1. The van der Waals surface area contributed by atoms with Crippen molar-refractivity contribution in [2.24, 2.45) is 0 Å². The Hall–Kier alpha value is -1.99. The summed E-state index contributed by atoms with van der Waals surface area (Å²) in [5.41, 5.74) is -0.480. The van der Waals surface area contributed by atoms with E-state index in [0.717, 1.165) is 12.8 Å². The van der Waals surface area contributed by atoms with E-state index in [0.29, 0.717) is 33.4 Å². The van der Waals surface area contributed by atoms with Crippen LogP contribution < -0.4 is 5.32 Å². The average molecular weight is 379 g/mol. The van der Waals surface area contributed by atoms with E-state index in [4.69, 9.17) is 9.47 Å². The van der Waals surface area contributed by atoms with E-state index in [-0.39, 0.29) is 24.9 Å². The van der Waals surface area contributed by atoms with Crippen LogP contribution in [0, 0.1) is 5.82 Å². The standard InChI is InChI=1S/C19H22FNO4S/c1-3-25-18(23)19(9-4-5-10-19)21-17(22)16-12(11-24-2)15-13(20)7-6-8-14(15)26-16/h6-8H,3-5,9-11H2,1-2H3,(H,21,22). The maximum atomic E-state index is 14.3. The Labute approximate surface area is 155 Å². The lowest BCUT2D eigenvalue weighted by Gasteiger charge is -2.27. The van der Waals surface area contributed by atoms with Gasteiger partial charge in [-0.1, -0.05) is 18.9 Å². The number of methoxy groups -OCH3 is 1. The average Bonchev–Trinajstić information content (AvgIpc) is 3.22. The van der Waals surface area contributed by atoms with Gasteiger partial charge < -0.3 is 14.8 Å². The zero-order valence-corrected chi connectivity index (χ0v) is 15.7. The smallest absolute Gasteiger partial charge is 0.331 e. The third kappa shape index (κ3) is 3.33. The molecule has 5 nitrogen and oxygen atoms in total. The second-order valence-corrected chi connectivity index (χ2v) is 7.47. The summed E-state index contributed by atoms with van der Waals surface area (Å²) in [6.07, 6.45) is 2.81. The zero-order valence-electron chi connectivity index (χ0n) is 14.9. The minimum atomic E-state index is -0.994. The Kier molecular flexibility index (Phi) is 5.58. The molecule has 1 N–H and O–H groups in total. The minimum absolute atomic E-state index is 0.121. The van der Waals surface area contributed by atoms with Crippen molar-refractivity contribution in [2.45, 2.75) is 44.8 Å². The van der Waals surface area contributed by atoms with Crippen molar-refractivity contribution >= 4 is 33.3 Å². The summed E-state index contributed by atoms with van der Waals surface area (Å²) >= 11 is 1.21. The highest BCUT2D eigenvalue weighted by molar-refractivity contribution is 7.21. The molecule has 0 atom stereocenters. The van der Waals surface area contributed by atoms with E-state index in [9.17, 15) is 14.0 Å². The van der Waals surface area contributed by atoms with Crippen molar-refractivity contribution in [2.75, 3.05) is 13.7 Å². The van der Waals surface area contributed by atoms with E-state index in [1.165, 1.54) is 24.5 Å². The Morgan fingerprint density at radius 2 is 2.04 bits per heavy atom. The summed E-state index contributed by atoms with van der Waals surface area (Å²) in [5.74, 6) is -1.16. The molecule has 1 saturated carbocycles. The van der Waals surface area contributed by atoms with Crippen molar-refractivity contribution in [3.63, 3.8) is 0 Å². The van der Waals surface area contributed by atoms with Gasteiger partial charge in [-0.05, 0) is 31.9 Å². The number of hydrogen-bond donors (Lipinski definition) is 1. The Balaban J connectivity index is 1.98. The van der Waals surface area contributed by atoms with Crippen molar-refractivity contribution < 1.29 is 23.5 Å². The maximum Gasteiger partial charge on any atom is 0.331 e. The molecule has 1 aliphatic carbocycles. The normalized spacial score (nSPS) is 16.0. The molecule has 1 amide bonds. The Morgan fingerprint density at radius 3 is 2.69 bits per heavy atom. The van der Waals surface area contributed by atoms with Gasteiger partial charge in [-0.15, -0.1) is 11.3 Å². The van der Waals surface area contributed by atoms with Gasteiger partial charge in [-0.25, -0.2) is 9.18 Å². The summed E-state index contributed by atoms with van der Waals surface area (Å²) in [5, 5.41) is 3.30. The molecule has 2 aromatic rings. The lowest BCUT2D eigenvalue weighted by atomic mass is 9.97. The fourth-order valence-electron chi connectivity index (χ4n) is 3.53. The number of benzene rings is 1. The molecule has 140 valence electrons. The van der Waals surface area contributed by atoms with E-state index < -0.39 is 11.5 Å². The first-order valence-corrected chi connectivity index (χ1v) is 9.52. The number of rotatable bonds is 6. The van der Waals surface area contributed by atoms with E-state index in [1.807, 2.05) is 0 Å². The van der Waals surface area contributed by atoms with Crippen molar-refractivity contribution in [1.82, 2.24) is 5.32 Å². The molecule has 1 aromatic carbocycles. The third-order valence-electron chi connectivity index (χ3n) is 4.73. The molecule has 26 heavy (non-hydrogen) atoms. The van der Waals surface area contributed by atoms with Crippen molar-refractivity contribution in [3.05, 3.63) is 34.5 Å². The van der Waals surface area contributed by atoms with Crippen LogP contribution >= 0.6 is 11.3 Å². The first-order chi connectivity index (χ1) is 12.5. The number of nitrogens with one attached hydrogen (secondary N) is 1. The number of amides is 1. The van der Waals surface area contributed by atoms with Gasteiger partial charge >= 0.3 is 5.97 Å². The van der Waals surface area contributed by atoms with Crippen LogP contribution in [0.1, 0.15) is 47.8 Å². The summed E-state index contributed by atoms with van der Waals surface area (Å²) in [6, 6.07) is 4.76. The summed E-state index contributed by atoms with van der Waals surface area (Å²) in [6.45, 7) is 2.13. The van der Waals surface area contributed by atoms with E-state index >= 15 is 0 Å². The maximum absolute atomic E-state index is 14.3. The van der Waals surface area contributed by atoms with Crippen LogP contribution in [0.5, 0.6) is 0 Å². The predicted octanol–water partition coefficient (Wildman–Crippen LogP) is 3.79. The number of thiophene rings is 1. The van der Waals surface area contributed by atoms with Gasteiger partial charge in [0.1, 0.15) is 11.4 Å². The fraction of sp³-hybridized carbons (Fsp3) is 0.474. The molecule has 7 heteroatoms. The van der Waals surface area contributed by atoms with Crippen LogP contribution in [0.25, 0.3) is 10.1 Å². The molecule has 0 unspecified atom stereocenters. The first kappa shape index (κ1) is 18.8. The Morgan fingerprint density at radius 1 is 1.31 bits per heavy atom. The third-order valence-corrected chi connectivity index (χ3v) is 5.93. The van der Waals surface area contributed by atoms with Gasteiger partial charge in [0.25, 0.3) is 5.91 Å². The van der Waals surface area contributed by atoms with Crippen LogP contribution in [-0.4, -0.2) is 31.1 Å². The highest BCUT2D eigenvalue weighted by Gasteiger charge is 2.44. The summed E-state index contributed by atoms with van der Waals surface area (Å²) < 4.78 is 25.4. The number of fused-ring (bicyclic) bond motifs is 1. The molecule has 1 heterocycles. The molecular formula is C19H22FNO4S. The summed E-state index contributed by atoms with van der Waals surface area (Å²) in [4.78, 5) is 25.8. The van der Waals surface area contributed by atoms with Crippen molar-refractivity contribution in [3.8, 4) is 0 Å². The molecular weight excluding hydrogens is 357 g/mol. The molecule has 1 aromatic heterocycles. The van der Waals surface area contributed by atoms with Gasteiger partial charge in [0.2, 0.25) is 0 Å². The second kappa shape index (κ2) is 7.72. The van der Waals surface area contributed by atoms with Gasteiger partial charge in [-0.3, -0.25) is 4.79 Å². The van der Waals surface area contributed by atoms with Crippen LogP contribution in [-0.2, 0) is 20.9 Å². The number of carbonyl (C=O) groups is 2. The number of carbonyl (C=O) groups excluding carboxylic acids is 2. The minimum Gasteiger partial charge on any atom is -0.464 e. The van der Waals surface area contributed by atoms with Gasteiger partial charge in [-0.2, -0.15) is 0 Å². The molecule has 0 radical (unpaired) electrons. The predicted molar refractivity (Wildman–Crippen MR) is 97.8 cm³/mol. The quantitative estimate of drug-likeness (QED) is 0.776. The van der Waals surface area contributed by atoms with Crippen LogP contribution in [0.4, 0.5) is 4.39 Å². The van der Waals surface area contributed by atoms with Gasteiger partial charge in [0.15, 0.2) is 0 Å². The van der Waals surface area contributed by atoms with Crippen molar-refractivity contribution in [1.29, 1.82) is 0 Å². The Bertz CT molecular complexity index is 826. The topological polar surface area (TPSA) is 64.6 Å². The van der Waals surface area contributed by atoms with Gasteiger partial charge in [0.05, 0.1) is 18.1 Å². The lowest BCUT2D eigenvalue weighted by Crippen LogP contribution is -2.53. The molecule has 0 spiro atoms. The van der Waals surface area contributed by atoms with Gasteiger partial charge in [0, 0.05) is 22.8 Å². The molecule has 1 fully saturated rings. The van der Waals surface area contributed by atoms with E-state index in [2.05, 4.69) is 5.32 Å². The largest absolute Gasteiger partial charge is 0.464 e. The van der Waals surface area contributed by atoms with Crippen LogP contribution in [0.15, 0.2) is 18.2 Å². The molecule has 3 rings (SSSR count). The highest BCUT2D eigenvalue weighted by Crippen LogP contribution is 2.36. The zero-order chi connectivity index (χ0) is 18.7. The SMILES string of the molecule is CCOC(=O)C1(NC(=O)c2sc3cccc(F)c3c2COC)CCCC1. The van der Waals surface area contributed by atoms with Crippen LogP contribution in [0.3, 0.4) is 0 Å². The molecule has 0 bridgehead atoms. The first-order valence-electron chi connectivity index (χ1n) is 8.71. The van der Waals surface area contributed by atoms with E-state index in [1.54, 1.807) is 19.1 Å². The van der Waals surface area contributed by atoms with Crippen LogP contribution in [0.2, 0.25) is 0 Å². The second-order valence-electron chi connectivity index (χ2n) is 6.42. The molecule has 1 aliphatic rings. The highest BCUT2D eigenvalue weighted by atomic mass is 32.1. The monoisotopic (exact) mass is 379 g/mol. The number of ether oxygens (including phenoxy) is 2. The lowest BCUT2D eigenvalue weighted by molar-refractivity contribution is -0.150. The molecule has 0 saturated heterocycles. The summed E-state index contributed by atoms with van der Waals surface area (Å²) in [7, 11) is 1.50. The molecule has 0 aliphatic heterocycles. The fourth-order valence-corrected chi connectivity index (χ4v) is 4.65.